The molecule has 0 aliphatic carbocycles. The van der Waals surface area contributed by atoms with E-state index in [-0.39, 0.29) is 18.3 Å². The summed E-state index contributed by atoms with van der Waals surface area (Å²) in [6.07, 6.45) is 6.93. The highest BCUT2D eigenvalue weighted by Gasteiger charge is 2.09. The molecule has 0 radical (unpaired) electrons. The number of hydrogen-bond acceptors (Lipinski definition) is 3. The van der Waals surface area contributed by atoms with Gasteiger partial charge in [-0.3, -0.25) is 4.79 Å². The number of amides is 1. The number of hydrogen-bond donors (Lipinski definition) is 2. The number of rotatable bonds is 3. The van der Waals surface area contributed by atoms with Gasteiger partial charge in [0.1, 0.15) is 5.76 Å². The van der Waals surface area contributed by atoms with Gasteiger partial charge in [-0.2, -0.15) is 0 Å². The largest absolute Gasteiger partial charge is 0.465 e. The summed E-state index contributed by atoms with van der Waals surface area (Å²) >= 11 is 0. The van der Waals surface area contributed by atoms with Gasteiger partial charge in [0.15, 0.2) is 0 Å². The molecule has 4 nitrogen and oxygen atoms in total. The molecule has 1 amide bonds. The maximum Gasteiger partial charge on any atom is 0.248 e. The first-order valence-electron chi connectivity index (χ1n) is 6.71. The molecule has 2 aromatic rings. The van der Waals surface area contributed by atoms with E-state index in [4.69, 9.17) is 4.42 Å². The molecule has 1 aromatic heterocycles. The van der Waals surface area contributed by atoms with Crippen molar-refractivity contribution in [2.75, 3.05) is 17.2 Å². The Labute approximate surface area is 129 Å². The van der Waals surface area contributed by atoms with E-state index in [1.54, 1.807) is 24.5 Å². The van der Waals surface area contributed by atoms with Gasteiger partial charge in [-0.1, -0.05) is 6.07 Å². The topological polar surface area (TPSA) is 54.3 Å². The summed E-state index contributed by atoms with van der Waals surface area (Å²) in [4.78, 5) is 11.8. The molecule has 110 valence electrons. The second kappa shape index (κ2) is 6.99. The van der Waals surface area contributed by atoms with E-state index < -0.39 is 0 Å². The number of benzene rings is 1. The van der Waals surface area contributed by atoms with Crippen molar-refractivity contribution in [1.82, 2.24) is 0 Å². The first-order valence-corrected chi connectivity index (χ1v) is 6.71. The summed E-state index contributed by atoms with van der Waals surface area (Å²) in [7, 11) is 0. The Kier molecular flexibility index (Phi) is 5.06. The van der Waals surface area contributed by atoms with Gasteiger partial charge in [0, 0.05) is 24.0 Å². The molecule has 1 aliphatic heterocycles. The molecule has 0 unspecified atom stereocenters. The molecule has 0 bridgehead atoms. The van der Waals surface area contributed by atoms with E-state index in [2.05, 4.69) is 16.7 Å². The lowest BCUT2D eigenvalue weighted by atomic mass is 10.0. The molecular weight excluding hydrogens is 288 g/mol. The molecule has 0 saturated heterocycles. The van der Waals surface area contributed by atoms with Crippen molar-refractivity contribution in [3.05, 3.63) is 54.0 Å². The number of aryl methyl sites for hydroxylation is 1. The third kappa shape index (κ3) is 3.89. The Hall–Kier alpha value is -2.20. The van der Waals surface area contributed by atoms with Crippen LogP contribution in [0, 0.1) is 0 Å². The highest BCUT2D eigenvalue weighted by atomic mass is 35.5. The highest BCUT2D eigenvalue weighted by Crippen LogP contribution is 2.25. The van der Waals surface area contributed by atoms with Gasteiger partial charge in [-0.05, 0) is 48.7 Å². The van der Waals surface area contributed by atoms with Crippen molar-refractivity contribution in [3.8, 4) is 0 Å². The zero-order chi connectivity index (χ0) is 13.8. The zero-order valence-electron chi connectivity index (χ0n) is 11.5. The van der Waals surface area contributed by atoms with Crippen molar-refractivity contribution >= 4 is 35.8 Å². The van der Waals surface area contributed by atoms with Crippen LogP contribution in [0.1, 0.15) is 17.7 Å². The molecule has 0 spiro atoms. The minimum atomic E-state index is -0.169. The van der Waals surface area contributed by atoms with Gasteiger partial charge in [-0.25, -0.2) is 0 Å². The fourth-order valence-corrected chi connectivity index (χ4v) is 2.27. The predicted molar refractivity (Wildman–Crippen MR) is 86.9 cm³/mol. The number of fused-ring (bicyclic) bond motifs is 1. The smallest absolute Gasteiger partial charge is 0.248 e. The molecule has 0 atom stereocenters. The first-order chi connectivity index (χ1) is 9.81. The zero-order valence-corrected chi connectivity index (χ0v) is 12.3. The van der Waals surface area contributed by atoms with Crippen molar-refractivity contribution in [1.29, 1.82) is 0 Å². The molecule has 1 aromatic carbocycles. The van der Waals surface area contributed by atoms with Crippen LogP contribution in [-0.4, -0.2) is 12.5 Å². The standard InChI is InChI=1S/C16H16N2O2.ClH/c19-16(8-7-14-4-2-10-20-14)18-13-6-5-12-3-1-9-17-15(12)11-13;/h2,4-8,10-11,17H,1,3,9H2,(H,18,19);1H. The predicted octanol–water partition coefficient (Wildman–Crippen LogP) is 3.71. The minimum Gasteiger partial charge on any atom is -0.465 e. The molecule has 2 N–H and O–H groups in total. The lowest BCUT2D eigenvalue weighted by Crippen LogP contribution is -2.13. The van der Waals surface area contributed by atoms with Gasteiger partial charge in [0.2, 0.25) is 5.91 Å². The normalized spacial score (nSPS) is 13.1. The molecular formula is C16H17ClN2O2. The van der Waals surface area contributed by atoms with Gasteiger partial charge < -0.3 is 15.1 Å². The summed E-state index contributed by atoms with van der Waals surface area (Å²) in [6, 6.07) is 9.56. The quantitative estimate of drug-likeness (QED) is 0.850. The van der Waals surface area contributed by atoms with Crippen LogP contribution >= 0.6 is 12.4 Å². The van der Waals surface area contributed by atoms with Crippen LogP contribution in [0.25, 0.3) is 6.08 Å². The minimum absolute atomic E-state index is 0. The Balaban J connectivity index is 0.00000161. The summed E-state index contributed by atoms with van der Waals surface area (Å²) in [5, 5.41) is 6.19. The molecule has 3 rings (SSSR count). The van der Waals surface area contributed by atoms with Crippen LogP contribution in [0.3, 0.4) is 0 Å². The molecule has 2 heterocycles. The van der Waals surface area contributed by atoms with Crippen molar-refractivity contribution in [3.63, 3.8) is 0 Å². The maximum atomic E-state index is 11.8. The lowest BCUT2D eigenvalue weighted by Gasteiger charge is -2.18. The van der Waals surface area contributed by atoms with E-state index in [9.17, 15) is 4.79 Å². The first kappa shape index (κ1) is 15.2. The number of carbonyl (C=O) groups excluding carboxylic acids is 1. The van der Waals surface area contributed by atoms with E-state index in [0.29, 0.717) is 5.76 Å². The van der Waals surface area contributed by atoms with Crippen LogP contribution in [0.5, 0.6) is 0 Å². The molecule has 5 heteroatoms. The molecule has 0 saturated carbocycles. The Morgan fingerprint density at radius 3 is 3.05 bits per heavy atom. The monoisotopic (exact) mass is 304 g/mol. The molecule has 21 heavy (non-hydrogen) atoms. The second-order valence-corrected chi connectivity index (χ2v) is 4.74. The average molecular weight is 305 g/mol. The lowest BCUT2D eigenvalue weighted by molar-refractivity contribution is -0.111. The third-order valence-electron chi connectivity index (χ3n) is 3.26. The highest BCUT2D eigenvalue weighted by molar-refractivity contribution is 6.02. The summed E-state index contributed by atoms with van der Waals surface area (Å²) in [6.45, 7) is 0.989. The maximum absolute atomic E-state index is 11.8. The fourth-order valence-electron chi connectivity index (χ4n) is 2.27. The molecule has 1 aliphatic rings. The number of carbonyl (C=O) groups is 1. The SMILES string of the molecule is Cl.O=C(C=Cc1ccco1)Nc1ccc2c(c1)NCCC2. The molecule has 0 fully saturated rings. The van der Waals surface area contributed by atoms with Crippen molar-refractivity contribution in [2.24, 2.45) is 0 Å². The van der Waals surface area contributed by atoms with E-state index >= 15 is 0 Å². The fraction of sp³-hybridized carbons (Fsp3) is 0.188. The van der Waals surface area contributed by atoms with Crippen molar-refractivity contribution < 1.29 is 9.21 Å². The van der Waals surface area contributed by atoms with E-state index in [1.165, 1.54) is 11.6 Å². The van der Waals surface area contributed by atoms with Crippen molar-refractivity contribution in [2.45, 2.75) is 12.8 Å². The van der Waals surface area contributed by atoms with Gasteiger partial charge in [0.05, 0.1) is 6.26 Å². The Bertz CT molecular complexity index is 636. The van der Waals surface area contributed by atoms with Gasteiger partial charge >= 0.3 is 0 Å². The van der Waals surface area contributed by atoms with Crippen LogP contribution < -0.4 is 10.6 Å². The summed E-state index contributed by atoms with van der Waals surface area (Å²) in [5.74, 6) is 0.490. The summed E-state index contributed by atoms with van der Waals surface area (Å²) in [5.41, 5.74) is 3.22. The average Bonchev–Trinajstić information content (AvgIpc) is 2.98. The second-order valence-electron chi connectivity index (χ2n) is 4.74. The van der Waals surface area contributed by atoms with Crippen LogP contribution in [0.4, 0.5) is 11.4 Å². The van der Waals surface area contributed by atoms with E-state index in [0.717, 1.165) is 30.8 Å². The number of furan rings is 1. The van der Waals surface area contributed by atoms with E-state index in [1.807, 2.05) is 12.1 Å². The van der Waals surface area contributed by atoms with Crippen LogP contribution in [0.15, 0.2) is 47.1 Å². The number of halogens is 1. The van der Waals surface area contributed by atoms with Crippen LogP contribution in [-0.2, 0) is 11.2 Å². The van der Waals surface area contributed by atoms with Gasteiger partial charge in [0.25, 0.3) is 0 Å². The summed E-state index contributed by atoms with van der Waals surface area (Å²) < 4.78 is 5.13. The number of nitrogens with one attached hydrogen (secondary N) is 2. The van der Waals surface area contributed by atoms with Gasteiger partial charge in [-0.15, -0.1) is 12.4 Å². The number of anilines is 2. The van der Waals surface area contributed by atoms with Crippen LogP contribution in [0.2, 0.25) is 0 Å². The Morgan fingerprint density at radius 2 is 2.24 bits per heavy atom. The Morgan fingerprint density at radius 1 is 1.33 bits per heavy atom. The third-order valence-corrected chi connectivity index (χ3v) is 3.26.